The molecule has 0 bridgehead atoms. The topological polar surface area (TPSA) is 45.8 Å². The molecule has 0 saturated carbocycles. The van der Waals surface area contributed by atoms with Crippen molar-refractivity contribution < 1.29 is 0 Å². The van der Waals surface area contributed by atoms with Crippen LogP contribution in [0.25, 0.3) is 0 Å². The minimum atomic E-state index is -0.174. The fourth-order valence-corrected chi connectivity index (χ4v) is 2.83. The van der Waals surface area contributed by atoms with Crippen molar-refractivity contribution in [2.24, 2.45) is 0 Å². The number of halogens is 2. The van der Waals surface area contributed by atoms with Gasteiger partial charge in [-0.3, -0.25) is 4.79 Å². The van der Waals surface area contributed by atoms with Crippen LogP contribution >= 0.6 is 35.0 Å². The molecule has 0 aliphatic rings. The first-order valence-corrected chi connectivity index (χ1v) is 7.26. The smallest absolute Gasteiger partial charge is 0.251 e. The minimum Gasteiger partial charge on any atom is -0.301 e. The maximum Gasteiger partial charge on any atom is 0.251 e. The van der Waals surface area contributed by atoms with Crippen LogP contribution in [0, 0.1) is 6.92 Å². The third-order valence-corrected chi connectivity index (χ3v) is 3.94. The molecule has 19 heavy (non-hydrogen) atoms. The van der Waals surface area contributed by atoms with E-state index in [0.29, 0.717) is 26.7 Å². The van der Waals surface area contributed by atoms with Crippen molar-refractivity contribution >= 4 is 35.0 Å². The van der Waals surface area contributed by atoms with E-state index in [2.05, 4.69) is 16.5 Å². The number of nitrogens with zero attached hydrogens (tertiary/aromatic N) is 1. The second-order valence-corrected chi connectivity index (χ2v) is 5.43. The number of hydrogen-bond donors (Lipinski definition) is 1. The third-order valence-electron chi connectivity index (χ3n) is 2.21. The molecule has 1 aromatic heterocycles. The van der Waals surface area contributed by atoms with Crippen molar-refractivity contribution in [1.29, 1.82) is 0 Å². The highest BCUT2D eigenvalue weighted by molar-refractivity contribution is 7.99. The van der Waals surface area contributed by atoms with Crippen LogP contribution < -0.4 is 5.56 Å². The van der Waals surface area contributed by atoms with Gasteiger partial charge in [-0.25, -0.2) is 4.98 Å². The third kappa shape index (κ3) is 4.90. The summed E-state index contributed by atoms with van der Waals surface area (Å²) in [4.78, 5) is 18.2. The van der Waals surface area contributed by atoms with Crippen molar-refractivity contribution in [1.82, 2.24) is 9.97 Å². The van der Waals surface area contributed by atoms with Crippen LogP contribution in [0.4, 0.5) is 0 Å². The molecule has 0 aliphatic carbocycles. The number of nitrogens with one attached hydrogen (secondary N) is 1. The highest BCUT2D eigenvalue weighted by Gasteiger charge is 2.09. The molecule has 0 aliphatic heterocycles. The molecule has 1 rings (SSSR count). The number of aromatic amines is 1. The zero-order valence-electron chi connectivity index (χ0n) is 10.7. The first kappa shape index (κ1) is 16.1. The predicted molar refractivity (Wildman–Crippen MR) is 83.0 cm³/mol. The first-order valence-electron chi connectivity index (χ1n) is 5.52. The average molecular weight is 317 g/mol. The molecule has 0 fully saturated rings. The summed E-state index contributed by atoms with van der Waals surface area (Å²) in [6, 6.07) is 1.44. The largest absolute Gasteiger partial charge is 0.301 e. The molecular weight excluding hydrogens is 303 g/mol. The Morgan fingerprint density at radius 3 is 2.79 bits per heavy atom. The summed E-state index contributed by atoms with van der Waals surface area (Å²) in [6.45, 7) is 7.22. The Labute approximate surface area is 126 Å². The first-order chi connectivity index (χ1) is 8.97. The lowest BCUT2D eigenvalue weighted by Gasteiger charge is -2.07. The van der Waals surface area contributed by atoms with E-state index >= 15 is 0 Å². The monoisotopic (exact) mass is 316 g/mol. The minimum absolute atomic E-state index is 0.174. The quantitative estimate of drug-likeness (QED) is 0.507. The van der Waals surface area contributed by atoms with Crippen molar-refractivity contribution in [2.45, 2.75) is 19.0 Å². The van der Waals surface area contributed by atoms with Crippen LogP contribution in [0.15, 0.2) is 50.4 Å². The molecule has 1 N–H and O–H groups in total. The van der Waals surface area contributed by atoms with E-state index in [1.165, 1.54) is 23.9 Å². The molecule has 0 amide bonds. The maximum atomic E-state index is 11.3. The van der Waals surface area contributed by atoms with Gasteiger partial charge in [0.15, 0.2) is 5.16 Å². The average Bonchev–Trinajstić information content (AvgIpc) is 2.37. The van der Waals surface area contributed by atoms with Gasteiger partial charge in [-0.05, 0) is 19.4 Å². The van der Waals surface area contributed by atoms with Gasteiger partial charge in [0.25, 0.3) is 5.56 Å². The van der Waals surface area contributed by atoms with Crippen LogP contribution in [0.1, 0.15) is 12.6 Å². The summed E-state index contributed by atoms with van der Waals surface area (Å²) in [5.41, 5.74) is 1.26. The molecule has 0 saturated heterocycles. The summed E-state index contributed by atoms with van der Waals surface area (Å²) in [6.07, 6.45) is 3.30. The fraction of sp³-hybridized carbons (Fsp3) is 0.231. The summed E-state index contributed by atoms with van der Waals surface area (Å²) < 4.78 is 0. The van der Waals surface area contributed by atoms with E-state index in [4.69, 9.17) is 23.2 Å². The summed E-state index contributed by atoms with van der Waals surface area (Å²) >= 11 is 13.5. The number of aryl methyl sites for hydroxylation is 1. The van der Waals surface area contributed by atoms with Gasteiger partial charge in [0.1, 0.15) is 0 Å². The standard InChI is InChI=1S/C13H14Cl2N2OS/c1-4-10(14)9(11(15)5-2)7-19-13-16-8(3)6-12(18)17-13/h4-6H,1,7H2,2-3H3,(H,16,17,18)/b10-9+,11-5+. The number of H-pyrrole nitrogens is 1. The molecule has 0 unspecified atom stereocenters. The van der Waals surface area contributed by atoms with Gasteiger partial charge in [-0.2, -0.15) is 0 Å². The maximum absolute atomic E-state index is 11.3. The summed E-state index contributed by atoms with van der Waals surface area (Å²) in [5, 5.41) is 1.59. The van der Waals surface area contributed by atoms with Crippen LogP contribution in [0.3, 0.4) is 0 Å². The summed E-state index contributed by atoms with van der Waals surface area (Å²) in [5.74, 6) is 0.500. The van der Waals surface area contributed by atoms with Crippen molar-refractivity contribution in [3.8, 4) is 0 Å². The normalized spacial score (nSPS) is 13.2. The fourth-order valence-electron chi connectivity index (χ4n) is 1.31. The zero-order chi connectivity index (χ0) is 14.4. The molecule has 0 aromatic carbocycles. The van der Waals surface area contributed by atoms with Crippen molar-refractivity contribution in [3.05, 3.63) is 56.5 Å². The van der Waals surface area contributed by atoms with Gasteiger partial charge in [0.05, 0.1) is 0 Å². The molecule has 6 heteroatoms. The van der Waals surface area contributed by atoms with Crippen LogP contribution in [-0.2, 0) is 0 Å². The van der Waals surface area contributed by atoms with Gasteiger partial charge in [-0.15, -0.1) is 0 Å². The lowest BCUT2D eigenvalue weighted by Crippen LogP contribution is -2.08. The van der Waals surface area contributed by atoms with Gasteiger partial charge >= 0.3 is 0 Å². The Hall–Kier alpha value is -0.970. The van der Waals surface area contributed by atoms with E-state index in [9.17, 15) is 4.79 Å². The second kappa shape index (κ2) is 7.58. The molecule has 1 aromatic rings. The molecule has 3 nitrogen and oxygen atoms in total. The van der Waals surface area contributed by atoms with E-state index in [1.807, 2.05) is 6.92 Å². The van der Waals surface area contributed by atoms with Gasteiger partial charge in [0, 0.05) is 27.6 Å². The number of hydrogen-bond acceptors (Lipinski definition) is 3. The molecule has 1 heterocycles. The Balaban J connectivity index is 2.95. The summed E-state index contributed by atoms with van der Waals surface area (Å²) in [7, 11) is 0. The van der Waals surface area contributed by atoms with E-state index in [-0.39, 0.29) is 5.56 Å². The lowest BCUT2D eigenvalue weighted by atomic mass is 10.2. The van der Waals surface area contributed by atoms with E-state index < -0.39 is 0 Å². The predicted octanol–water partition coefficient (Wildman–Crippen LogP) is 3.99. The highest BCUT2D eigenvalue weighted by Crippen LogP contribution is 2.27. The van der Waals surface area contributed by atoms with E-state index in [1.54, 1.807) is 13.0 Å². The molecule has 0 radical (unpaired) electrons. The van der Waals surface area contributed by atoms with Crippen molar-refractivity contribution in [2.75, 3.05) is 5.75 Å². The van der Waals surface area contributed by atoms with Crippen LogP contribution in [0.2, 0.25) is 0 Å². The number of allylic oxidation sites excluding steroid dienone is 4. The Morgan fingerprint density at radius 1 is 1.58 bits per heavy atom. The van der Waals surface area contributed by atoms with Crippen molar-refractivity contribution in [3.63, 3.8) is 0 Å². The van der Waals surface area contributed by atoms with Crippen LogP contribution in [0.5, 0.6) is 0 Å². The Kier molecular flexibility index (Phi) is 6.42. The zero-order valence-corrected chi connectivity index (χ0v) is 13.0. The highest BCUT2D eigenvalue weighted by atomic mass is 35.5. The molecule has 0 atom stereocenters. The Morgan fingerprint density at radius 2 is 2.26 bits per heavy atom. The number of thioether (sulfide) groups is 1. The lowest BCUT2D eigenvalue weighted by molar-refractivity contribution is 0.906. The number of rotatable bonds is 5. The van der Waals surface area contributed by atoms with E-state index in [0.717, 1.165) is 5.57 Å². The van der Waals surface area contributed by atoms with Gasteiger partial charge in [-0.1, -0.05) is 53.7 Å². The molecular formula is C13H14Cl2N2OS. The SMILES string of the molecule is C=C/C(Cl)=C(CSc1nc(C)cc(=O)[nH]1)\C(Cl)=C/C. The molecule has 0 spiro atoms. The van der Waals surface area contributed by atoms with Crippen LogP contribution in [-0.4, -0.2) is 15.7 Å². The Bertz CT molecular complexity index is 591. The molecule has 102 valence electrons. The van der Waals surface area contributed by atoms with Gasteiger partial charge < -0.3 is 4.98 Å². The number of aromatic nitrogens is 2. The van der Waals surface area contributed by atoms with Gasteiger partial charge in [0.2, 0.25) is 0 Å². The second-order valence-electron chi connectivity index (χ2n) is 3.65.